The molecule has 0 atom stereocenters. The summed E-state index contributed by atoms with van der Waals surface area (Å²) in [6.45, 7) is 0. The molecule has 1 amide bonds. The van der Waals surface area contributed by atoms with E-state index in [1.165, 1.54) is 31.3 Å². The second-order valence-corrected chi connectivity index (χ2v) is 5.29. The van der Waals surface area contributed by atoms with Gasteiger partial charge >= 0.3 is 12.4 Å². The molecule has 3 nitrogen and oxygen atoms in total. The van der Waals surface area contributed by atoms with Crippen molar-refractivity contribution in [2.45, 2.75) is 18.3 Å². The van der Waals surface area contributed by atoms with Crippen molar-refractivity contribution in [1.82, 2.24) is 5.32 Å². The van der Waals surface area contributed by atoms with Gasteiger partial charge in [-0.05, 0) is 42.0 Å². The van der Waals surface area contributed by atoms with E-state index in [1.807, 2.05) is 0 Å². The summed E-state index contributed by atoms with van der Waals surface area (Å²) in [6, 6.07) is 9.32. The van der Waals surface area contributed by atoms with E-state index < -0.39 is 23.8 Å². The molecule has 2 aromatic carbocycles. The molecule has 0 bridgehead atoms. The van der Waals surface area contributed by atoms with Crippen molar-refractivity contribution in [3.63, 3.8) is 0 Å². The van der Waals surface area contributed by atoms with Gasteiger partial charge < -0.3 is 10.1 Å². The fraction of sp³-hybridized carbons (Fsp3) is 0.235. The lowest BCUT2D eigenvalue weighted by molar-refractivity contribution is -0.253. The molecule has 0 radical (unpaired) electrons. The summed E-state index contributed by atoms with van der Waals surface area (Å²) in [5.74, 6) is -3.54. The fourth-order valence-corrected chi connectivity index (χ4v) is 2.25. The third kappa shape index (κ3) is 4.68. The molecule has 0 aromatic heterocycles. The van der Waals surface area contributed by atoms with Crippen molar-refractivity contribution < 1.29 is 35.9 Å². The van der Waals surface area contributed by atoms with Gasteiger partial charge in [0.25, 0.3) is 5.91 Å². The van der Waals surface area contributed by atoms with Crippen molar-refractivity contribution in [2.75, 3.05) is 7.05 Å². The van der Waals surface area contributed by atoms with Crippen LogP contribution in [0.1, 0.15) is 21.8 Å². The van der Waals surface area contributed by atoms with Gasteiger partial charge in [0.05, 0.1) is 0 Å². The van der Waals surface area contributed by atoms with E-state index in [1.54, 1.807) is 0 Å². The summed E-state index contributed by atoms with van der Waals surface area (Å²) in [5.41, 5.74) is -0.555. The first-order valence-electron chi connectivity index (χ1n) is 7.26. The summed E-state index contributed by atoms with van der Waals surface area (Å²) in [5, 5.41) is 2.43. The van der Waals surface area contributed by atoms with Crippen LogP contribution in [0.5, 0.6) is 11.5 Å². The minimum atomic E-state index is -5.45. The first-order valence-corrected chi connectivity index (χ1v) is 7.26. The molecule has 0 unspecified atom stereocenters. The van der Waals surface area contributed by atoms with Crippen molar-refractivity contribution in [2.24, 2.45) is 0 Å². The molecule has 0 aliphatic rings. The number of hydrogen-bond acceptors (Lipinski definition) is 2. The Morgan fingerprint density at radius 2 is 1.27 bits per heavy atom. The zero-order valence-corrected chi connectivity index (χ0v) is 13.3. The number of benzene rings is 2. The molecular formula is C17H13F6NO2. The van der Waals surface area contributed by atoms with Crippen LogP contribution >= 0.6 is 0 Å². The van der Waals surface area contributed by atoms with Gasteiger partial charge in [0.15, 0.2) is 5.92 Å². The molecule has 0 saturated carbocycles. The number of rotatable bonds is 4. The van der Waals surface area contributed by atoms with Crippen molar-refractivity contribution >= 4 is 5.91 Å². The van der Waals surface area contributed by atoms with Crippen molar-refractivity contribution in [3.05, 3.63) is 59.7 Å². The van der Waals surface area contributed by atoms with Crippen LogP contribution in [0.3, 0.4) is 0 Å². The van der Waals surface area contributed by atoms with Crippen LogP contribution in [0.25, 0.3) is 0 Å². The Bertz CT molecular complexity index is 737. The van der Waals surface area contributed by atoms with Crippen LogP contribution in [0.4, 0.5) is 26.3 Å². The monoisotopic (exact) mass is 377 g/mol. The van der Waals surface area contributed by atoms with Gasteiger partial charge in [-0.25, -0.2) is 0 Å². The normalized spacial score (nSPS) is 12.2. The fourth-order valence-electron chi connectivity index (χ4n) is 2.25. The molecule has 2 rings (SSSR count). The minimum Gasteiger partial charge on any atom is -0.457 e. The van der Waals surface area contributed by atoms with Gasteiger partial charge in [-0.3, -0.25) is 4.79 Å². The Balaban J connectivity index is 2.18. The predicted molar refractivity (Wildman–Crippen MR) is 81.2 cm³/mol. The highest BCUT2D eigenvalue weighted by Crippen LogP contribution is 2.46. The number of alkyl halides is 6. The minimum absolute atomic E-state index is 0.0598. The molecule has 1 N–H and O–H groups in total. The van der Waals surface area contributed by atoms with E-state index in [-0.39, 0.29) is 17.4 Å². The number of amides is 1. The molecule has 0 aliphatic carbocycles. The molecule has 0 spiro atoms. The van der Waals surface area contributed by atoms with E-state index in [2.05, 4.69) is 5.32 Å². The lowest BCUT2D eigenvalue weighted by Gasteiger charge is -2.23. The van der Waals surface area contributed by atoms with Crippen molar-refractivity contribution in [3.8, 4) is 11.5 Å². The highest BCUT2D eigenvalue weighted by Gasteiger charge is 2.57. The molecule has 9 heteroatoms. The second-order valence-electron chi connectivity index (χ2n) is 5.29. The summed E-state index contributed by atoms with van der Waals surface area (Å²) < 4.78 is 81.5. The molecule has 0 aliphatic heterocycles. The molecule has 0 heterocycles. The topological polar surface area (TPSA) is 38.3 Å². The van der Waals surface area contributed by atoms with Gasteiger partial charge in [0.2, 0.25) is 0 Å². The number of ether oxygens (including phenoxy) is 1. The second kappa shape index (κ2) is 7.27. The molecule has 26 heavy (non-hydrogen) atoms. The van der Waals surface area contributed by atoms with Crippen LogP contribution in [-0.4, -0.2) is 25.3 Å². The Kier molecular flexibility index (Phi) is 5.48. The number of carbonyl (C=O) groups is 1. The lowest BCUT2D eigenvalue weighted by atomic mass is 9.98. The molecule has 0 fully saturated rings. The summed E-state index contributed by atoms with van der Waals surface area (Å²) in [4.78, 5) is 11.4. The van der Waals surface area contributed by atoms with Crippen LogP contribution in [0, 0.1) is 0 Å². The maximum Gasteiger partial charge on any atom is 0.404 e. The SMILES string of the molecule is CNC(=O)c1ccc(Oc2ccc(C(C(F)(F)F)C(F)(F)F)cc2)cc1. The van der Waals surface area contributed by atoms with Crippen LogP contribution in [0.2, 0.25) is 0 Å². The van der Waals surface area contributed by atoms with Gasteiger partial charge in [-0.15, -0.1) is 0 Å². The van der Waals surface area contributed by atoms with E-state index in [9.17, 15) is 31.1 Å². The first kappa shape index (κ1) is 19.6. The zero-order valence-electron chi connectivity index (χ0n) is 13.3. The standard InChI is InChI=1S/C17H13F6NO2/c1-24-15(25)11-4-8-13(9-5-11)26-12-6-2-10(3-7-12)14(16(18,19)20)17(21,22)23/h2-9,14H,1H3,(H,24,25). The smallest absolute Gasteiger partial charge is 0.404 e. The zero-order chi connectivity index (χ0) is 19.5. The summed E-state index contributed by atoms with van der Waals surface area (Å²) in [7, 11) is 1.46. The number of carbonyl (C=O) groups excluding carboxylic acids is 1. The Morgan fingerprint density at radius 3 is 1.65 bits per heavy atom. The Hall–Kier alpha value is -2.71. The van der Waals surface area contributed by atoms with Crippen LogP contribution in [0.15, 0.2) is 48.5 Å². The van der Waals surface area contributed by atoms with E-state index >= 15 is 0 Å². The quantitative estimate of drug-likeness (QED) is 0.758. The third-order valence-electron chi connectivity index (χ3n) is 3.45. The highest BCUT2D eigenvalue weighted by atomic mass is 19.4. The number of hydrogen-bond donors (Lipinski definition) is 1. The molecular weight excluding hydrogens is 364 g/mol. The number of halogens is 6. The average molecular weight is 377 g/mol. The average Bonchev–Trinajstić information content (AvgIpc) is 2.54. The van der Waals surface area contributed by atoms with Crippen LogP contribution in [-0.2, 0) is 0 Å². The maximum atomic E-state index is 12.7. The van der Waals surface area contributed by atoms with Gasteiger partial charge in [-0.1, -0.05) is 12.1 Å². The Morgan fingerprint density at radius 1 is 0.846 bits per heavy atom. The highest BCUT2D eigenvalue weighted by molar-refractivity contribution is 5.94. The molecule has 2 aromatic rings. The summed E-state index contributed by atoms with van der Waals surface area (Å²) >= 11 is 0. The molecule has 140 valence electrons. The third-order valence-corrected chi connectivity index (χ3v) is 3.45. The van der Waals surface area contributed by atoms with E-state index in [0.717, 1.165) is 24.3 Å². The maximum absolute atomic E-state index is 12.7. The van der Waals surface area contributed by atoms with E-state index in [0.29, 0.717) is 5.56 Å². The molecule has 0 saturated heterocycles. The predicted octanol–water partition coefficient (Wildman–Crippen LogP) is 5.05. The summed E-state index contributed by atoms with van der Waals surface area (Å²) in [6.07, 6.45) is -10.9. The van der Waals surface area contributed by atoms with Gasteiger partial charge in [0, 0.05) is 12.6 Å². The van der Waals surface area contributed by atoms with E-state index in [4.69, 9.17) is 4.74 Å². The van der Waals surface area contributed by atoms with Crippen molar-refractivity contribution in [1.29, 1.82) is 0 Å². The first-order chi connectivity index (χ1) is 12.0. The number of nitrogens with one attached hydrogen (secondary N) is 1. The largest absolute Gasteiger partial charge is 0.457 e. The lowest BCUT2D eigenvalue weighted by Crippen LogP contribution is -2.34. The Labute approximate surface area is 144 Å². The van der Waals surface area contributed by atoms with Gasteiger partial charge in [-0.2, -0.15) is 26.3 Å². The van der Waals surface area contributed by atoms with Gasteiger partial charge in [0.1, 0.15) is 11.5 Å². The van der Waals surface area contributed by atoms with Crippen LogP contribution < -0.4 is 10.1 Å².